The minimum atomic E-state index is -0.998. The Morgan fingerprint density at radius 3 is 2.79 bits per heavy atom. The first-order valence-electron chi connectivity index (χ1n) is 6.90. The van der Waals surface area contributed by atoms with E-state index in [0.717, 1.165) is 25.9 Å². The Hall–Kier alpha value is -1.14. The van der Waals surface area contributed by atoms with Gasteiger partial charge in [-0.15, -0.1) is 0 Å². The number of carboxylic acid groups (broad SMARTS) is 1. The molecule has 2 heterocycles. The molecule has 0 saturated carbocycles. The van der Waals surface area contributed by atoms with E-state index < -0.39 is 12.0 Å². The fourth-order valence-electron chi connectivity index (χ4n) is 2.57. The summed E-state index contributed by atoms with van der Waals surface area (Å²) in [5, 5.41) is 9.08. The Balaban J connectivity index is 1.81. The Labute approximate surface area is 112 Å². The van der Waals surface area contributed by atoms with Crippen LogP contribution in [0.2, 0.25) is 0 Å². The van der Waals surface area contributed by atoms with Gasteiger partial charge in [-0.1, -0.05) is 0 Å². The molecule has 2 saturated heterocycles. The highest BCUT2D eigenvalue weighted by molar-refractivity contribution is 5.84. The second-order valence-electron chi connectivity index (χ2n) is 5.04. The van der Waals surface area contributed by atoms with Crippen LogP contribution in [0.5, 0.6) is 0 Å². The van der Waals surface area contributed by atoms with Gasteiger partial charge in [0.25, 0.3) is 0 Å². The van der Waals surface area contributed by atoms with Gasteiger partial charge in [0.05, 0.1) is 19.3 Å². The summed E-state index contributed by atoms with van der Waals surface area (Å²) in [6.07, 6.45) is 4.43. The highest BCUT2D eigenvalue weighted by Crippen LogP contribution is 2.18. The van der Waals surface area contributed by atoms with Crippen LogP contribution in [0, 0.1) is 0 Å². The van der Waals surface area contributed by atoms with Crippen molar-refractivity contribution < 1.29 is 24.2 Å². The lowest BCUT2D eigenvalue weighted by atomic mass is 10.0. The van der Waals surface area contributed by atoms with Crippen LogP contribution in [0.4, 0.5) is 0 Å². The van der Waals surface area contributed by atoms with Crippen molar-refractivity contribution in [3.63, 3.8) is 0 Å². The van der Waals surface area contributed by atoms with E-state index in [9.17, 15) is 9.59 Å². The number of aliphatic carboxylic acids is 1. The van der Waals surface area contributed by atoms with Gasteiger partial charge in [0.1, 0.15) is 0 Å². The number of ether oxygens (including phenoxy) is 2. The summed E-state index contributed by atoms with van der Waals surface area (Å²) in [5.41, 5.74) is 0. The third-order valence-electron chi connectivity index (χ3n) is 3.69. The van der Waals surface area contributed by atoms with Crippen molar-refractivity contribution in [1.82, 2.24) is 4.90 Å². The number of rotatable bonds is 4. The number of hydrogen-bond donors (Lipinski definition) is 1. The van der Waals surface area contributed by atoms with E-state index >= 15 is 0 Å². The largest absolute Gasteiger partial charge is 0.480 e. The summed E-state index contributed by atoms with van der Waals surface area (Å²) in [7, 11) is 0. The SMILES string of the molecule is O=C(O)C1COCCN1C(=O)CCC1CCCCO1. The zero-order valence-corrected chi connectivity index (χ0v) is 11.0. The average Bonchev–Trinajstić information content (AvgIpc) is 2.46. The molecule has 0 aromatic rings. The summed E-state index contributed by atoms with van der Waals surface area (Å²) in [5.74, 6) is -1.10. The average molecular weight is 271 g/mol. The van der Waals surface area contributed by atoms with Gasteiger partial charge in [-0.05, 0) is 25.7 Å². The monoisotopic (exact) mass is 271 g/mol. The molecule has 2 fully saturated rings. The van der Waals surface area contributed by atoms with Crippen molar-refractivity contribution in [2.24, 2.45) is 0 Å². The first kappa shape index (κ1) is 14.3. The Kier molecular flexibility index (Phi) is 5.15. The first-order valence-corrected chi connectivity index (χ1v) is 6.90. The zero-order chi connectivity index (χ0) is 13.7. The molecule has 2 aliphatic rings. The predicted octanol–water partition coefficient (Wildman–Crippen LogP) is 0.648. The van der Waals surface area contributed by atoms with E-state index in [1.54, 1.807) is 0 Å². The quantitative estimate of drug-likeness (QED) is 0.812. The molecule has 0 spiro atoms. The lowest BCUT2D eigenvalue weighted by Gasteiger charge is -2.33. The molecule has 1 N–H and O–H groups in total. The fourth-order valence-corrected chi connectivity index (χ4v) is 2.57. The minimum absolute atomic E-state index is 0.0843. The number of carboxylic acids is 1. The predicted molar refractivity (Wildman–Crippen MR) is 66.8 cm³/mol. The van der Waals surface area contributed by atoms with Crippen molar-refractivity contribution >= 4 is 11.9 Å². The molecule has 0 aromatic heterocycles. The molecular formula is C13H21NO5. The standard InChI is InChI=1S/C13H21NO5/c15-12(5-4-10-3-1-2-7-19-10)14-6-8-18-9-11(14)13(16)17/h10-11H,1-9H2,(H,16,17). The van der Waals surface area contributed by atoms with E-state index in [1.807, 2.05) is 0 Å². The molecule has 2 rings (SSSR count). The Morgan fingerprint density at radius 1 is 1.26 bits per heavy atom. The molecule has 2 atom stereocenters. The highest BCUT2D eigenvalue weighted by atomic mass is 16.5. The minimum Gasteiger partial charge on any atom is -0.480 e. The molecule has 0 radical (unpaired) electrons. The van der Waals surface area contributed by atoms with Gasteiger partial charge in [-0.25, -0.2) is 4.79 Å². The van der Waals surface area contributed by atoms with Crippen LogP contribution in [0.15, 0.2) is 0 Å². The van der Waals surface area contributed by atoms with Crippen LogP contribution in [0.3, 0.4) is 0 Å². The van der Waals surface area contributed by atoms with Gasteiger partial charge in [0.2, 0.25) is 5.91 Å². The summed E-state index contributed by atoms with van der Waals surface area (Å²) < 4.78 is 10.7. The van der Waals surface area contributed by atoms with Gasteiger partial charge < -0.3 is 19.5 Å². The van der Waals surface area contributed by atoms with Crippen LogP contribution in [0.25, 0.3) is 0 Å². The van der Waals surface area contributed by atoms with Crippen molar-refractivity contribution in [2.45, 2.75) is 44.2 Å². The van der Waals surface area contributed by atoms with Crippen LogP contribution >= 0.6 is 0 Å². The van der Waals surface area contributed by atoms with E-state index in [4.69, 9.17) is 14.6 Å². The molecule has 108 valence electrons. The van der Waals surface area contributed by atoms with Gasteiger partial charge >= 0.3 is 5.97 Å². The lowest BCUT2D eigenvalue weighted by Crippen LogP contribution is -2.52. The number of hydrogen-bond acceptors (Lipinski definition) is 4. The van der Waals surface area contributed by atoms with Crippen LogP contribution in [-0.2, 0) is 19.1 Å². The maximum absolute atomic E-state index is 12.1. The normalized spacial score (nSPS) is 28.1. The van der Waals surface area contributed by atoms with Crippen LogP contribution in [-0.4, -0.2) is 60.4 Å². The molecule has 2 unspecified atom stereocenters. The van der Waals surface area contributed by atoms with Gasteiger partial charge in [0.15, 0.2) is 6.04 Å². The maximum Gasteiger partial charge on any atom is 0.328 e. The number of amides is 1. The molecule has 19 heavy (non-hydrogen) atoms. The summed E-state index contributed by atoms with van der Waals surface area (Å²) in [6.45, 7) is 1.63. The summed E-state index contributed by atoms with van der Waals surface area (Å²) in [6, 6.07) is -0.839. The smallest absolute Gasteiger partial charge is 0.328 e. The lowest BCUT2D eigenvalue weighted by molar-refractivity contribution is -0.158. The maximum atomic E-state index is 12.1. The van der Waals surface area contributed by atoms with Gasteiger partial charge in [-0.2, -0.15) is 0 Å². The molecule has 6 nitrogen and oxygen atoms in total. The van der Waals surface area contributed by atoms with Crippen molar-refractivity contribution in [3.8, 4) is 0 Å². The van der Waals surface area contributed by atoms with E-state index in [-0.39, 0.29) is 18.6 Å². The van der Waals surface area contributed by atoms with Crippen LogP contribution < -0.4 is 0 Å². The molecule has 6 heteroatoms. The molecule has 1 amide bonds. The number of carbonyl (C=O) groups excluding carboxylic acids is 1. The van der Waals surface area contributed by atoms with Gasteiger partial charge in [0, 0.05) is 19.6 Å². The van der Waals surface area contributed by atoms with Crippen molar-refractivity contribution in [1.29, 1.82) is 0 Å². The Bertz CT molecular complexity index is 327. The number of nitrogens with zero attached hydrogens (tertiary/aromatic N) is 1. The molecule has 0 aromatic carbocycles. The van der Waals surface area contributed by atoms with Gasteiger partial charge in [-0.3, -0.25) is 4.79 Å². The fraction of sp³-hybridized carbons (Fsp3) is 0.846. The Morgan fingerprint density at radius 2 is 2.11 bits per heavy atom. The summed E-state index contributed by atoms with van der Waals surface area (Å²) >= 11 is 0. The second-order valence-corrected chi connectivity index (χ2v) is 5.04. The third kappa shape index (κ3) is 3.91. The molecular weight excluding hydrogens is 250 g/mol. The molecule has 0 aliphatic carbocycles. The second kappa shape index (κ2) is 6.86. The van der Waals surface area contributed by atoms with Crippen LogP contribution in [0.1, 0.15) is 32.1 Å². The number of carbonyl (C=O) groups is 2. The molecule has 0 bridgehead atoms. The number of morpholine rings is 1. The van der Waals surface area contributed by atoms with E-state index in [2.05, 4.69) is 0 Å². The zero-order valence-electron chi connectivity index (χ0n) is 11.0. The summed E-state index contributed by atoms with van der Waals surface area (Å²) in [4.78, 5) is 24.6. The topological polar surface area (TPSA) is 76.1 Å². The van der Waals surface area contributed by atoms with Crippen molar-refractivity contribution in [3.05, 3.63) is 0 Å². The third-order valence-corrected chi connectivity index (χ3v) is 3.69. The van der Waals surface area contributed by atoms with Crippen molar-refractivity contribution in [2.75, 3.05) is 26.4 Å². The van der Waals surface area contributed by atoms with E-state index in [1.165, 1.54) is 4.90 Å². The highest BCUT2D eigenvalue weighted by Gasteiger charge is 2.32. The van der Waals surface area contributed by atoms with E-state index in [0.29, 0.717) is 26.0 Å². The molecule has 2 aliphatic heterocycles. The first-order chi connectivity index (χ1) is 9.18.